The molecule has 0 heterocycles. The zero-order valence-electron chi connectivity index (χ0n) is 12.2. The van der Waals surface area contributed by atoms with Gasteiger partial charge < -0.3 is 15.2 Å². The number of hydrogen-bond donors (Lipinski definition) is 2. The highest BCUT2D eigenvalue weighted by molar-refractivity contribution is 5.91. The van der Waals surface area contributed by atoms with Crippen LogP contribution in [0.25, 0.3) is 0 Å². The predicted molar refractivity (Wildman–Crippen MR) is 79.5 cm³/mol. The number of carboxylic acids is 1. The maximum atomic E-state index is 12.0. The summed E-state index contributed by atoms with van der Waals surface area (Å²) < 4.78 is 5.10. The third-order valence-corrected chi connectivity index (χ3v) is 3.78. The fraction of sp³-hybridized carbons (Fsp3) is 0.500. The van der Waals surface area contributed by atoms with Crippen molar-refractivity contribution in [1.82, 2.24) is 0 Å². The normalized spacial score (nSPS) is 14.9. The molecule has 0 bridgehead atoms. The van der Waals surface area contributed by atoms with Gasteiger partial charge in [-0.2, -0.15) is 0 Å². The largest absolute Gasteiger partial charge is 0.482 e. The minimum absolute atomic E-state index is 0.0456. The maximum Gasteiger partial charge on any atom is 0.341 e. The quantitative estimate of drug-likeness (QED) is 0.845. The van der Waals surface area contributed by atoms with Gasteiger partial charge in [-0.15, -0.1) is 0 Å². The minimum atomic E-state index is -1.01. The van der Waals surface area contributed by atoms with Gasteiger partial charge in [0.05, 0.1) is 0 Å². The van der Waals surface area contributed by atoms with Gasteiger partial charge in [-0.05, 0) is 49.4 Å². The number of hydrogen-bond acceptors (Lipinski definition) is 3. The lowest BCUT2D eigenvalue weighted by Gasteiger charge is -2.12. The molecule has 5 heteroatoms. The maximum absolute atomic E-state index is 12.0. The zero-order valence-corrected chi connectivity index (χ0v) is 12.2. The summed E-state index contributed by atoms with van der Waals surface area (Å²) in [5.41, 5.74) is 1.61. The van der Waals surface area contributed by atoms with Crippen molar-refractivity contribution < 1.29 is 19.4 Å². The Kier molecular flexibility index (Phi) is 5.20. The fourth-order valence-corrected chi connectivity index (χ4v) is 2.69. The van der Waals surface area contributed by atoms with E-state index in [1.165, 1.54) is 12.8 Å². The summed E-state index contributed by atoms with van der Waals surface area (Å²) >= 11 is 0. The molecule has 0 atom stereocenters. The van der Waals surface area contributed by atoms with E-state index in [4.69, 9.17) is 9.84 Å². The minimum Gasteiger partial charge on any atom is -0.482 e. The van der Waals surface area contributed by atoms with Crippen molar-refractivity contribution in [3.8, 4) is 5.75 Å². The summed E-state index contributed by atoms with van der Waals surface area (Å²) in [6.45, 7) is 1.49. The van der Waals surface area contributed by atoms with Crippen LogP contribution in [-0.2, 0) is 9.59 Å². The first-order valence-electron chi connectivity index (χ1n) is 7.29. The van der Waals surface area contributed by atoms with Crippen LogP contribution in [-0.4, -0.2) is 23.6 Å². The number of aliphatic carboxylic acids is 1. The van der Waals surface area contributed by atoms with Gasteiger partial charge >= 0.3 is 5.97 Å². The summed E-state index contributed by atoms with van der Waals surface area (Å²) in [5.74, 6) is 0.0398. The SMILES string of the molecule is Cc1cc(OCC(=O)O)ccc1NC(=O)CC1CCCC1. The van der Waals surface area contributed by atoms with Gasteiger partial charge in [0.15, 0.2) is 6.61 Å². The van der Waals surface area contributed by atoms with Gasteiger partial charge in [-0.25, -0.2) is 4.79 Å². The van der Waals surface area contributed by atoms with E-state index < -0.39 is 5.97 Å². The van der Waals surface area contributed by atoms with Gasteiger partial charge in [0.1, 0.15) is 5.75 Å². The van der Waals surface area contributed by atoms with E-state index in [2.05, 4.69) is 5.32 Å². The Labute approximate surface area is 124 Å². The average molecular weight is 291 g/mol. The molecule has 1 amide bonds. The van der Waals surface area contributed by atoms with Crippen LogP contribution < -0.4 is 10.1 Å². The van der Waals surface area contributed by atoms with Crippen LogP contribution in [0.15, 0.2) is 18.2 Å². The smallest absolute Gasteiger partial charge is 0.341 e. The highest BCUT2D eigenvalue weighted by Gasteiger charge is 2.18. The van der Waals surface area contributed by atoms with Crippen LogP contribution >= 0.6 is 0 Å². The Morgan fingerprint density at radius 2 is 2.05 bits per heavy atom. The molecule has 2 N–H and O–H groups in total. The van der Waals surface area contributed by atoms with Crippen LogP contribution in [0.4, 0.5) is 5.69 Å². The highest BCUT2D eigenvalue weighted by Crippen LogP contribution is 2.28. The summed E-state index contributed by atoms with van der Waals surface area (Å²) in [6, 6.07) is 5.15. The fourth-order valence-electron chi connectivity index (χ4n) is 2.69. The Hall–Kier alpha value is -2.04. The van der Waals surface area contributed by atoms with Crippen molar-refractivity contribution >= 4 is 17.6 Å². The van der Waals surface area contributed by atoms with Crippen molar-refractivity contribution in [2.75, 3.05) is 11.9 Å². The first-order valence-corrected chi connectivity index (χ1v) is 7.29. The van der Waals surface area contributed by atoms with Gasteiger partial charge in [0.25, 0.3) is 0 Å². The number of rotatable bonds is 6. The van der Waals surface area contributed by atoms with Crippen LogP contribution in [0, 0.1) is 12.8 Å². The molecule has 0 saturated heterocycles. The van der Waals surface area contributed by atoms with Crippen molar-refractivity contribution in [1.29, 1.82) is 0 Å². The molecular formula is C16H21NO4. The molecule has 5 nitrogen and oxygen atoms in total. The van der Waals surface area contributed by atoms with E-state index in [1.54, 1.807) is 18.2 Å². The summed E-state index contributed by atoms with van der Waals surface area (Å²) in [7, 11) is 0. The third kappa shape index (κ3) is 4.77. The average Bonchev–Trinajstić information content (AvgIpc) is 2.92. The van der Waals surface area contributed by atoms with Gasteiger partial charge in [0.2, 0.25) is 5.91 Å². The number of aryl methyl sites for hydroxylation is 1. The van der Waals surface area contributed by atoms with E-state index >= 15 is 0 Å². The molecule has 0 spiro atoms. The summed E-state index contributed by atoms with van der Waals surface area (Å²) in [5, 5.41) is 11.5. The monoisotopic (exact) mass is 291 g/mol. The summed E-state index contributed by atoms with van der Waals surface area (Å²) in [4.78, 5) is 22.5. The van der Waals surface area contributed by atoms with Gasteiger partial charge in [0, 0.05) is 12.1 Å². The van der Waals surface area contributed by atoms with Crippen molar-refractivity contribution in [3.05, 3.63) is 23.8 Å². The number of carbonyl (C=O) groups is 2. The molecule has 1 aliphatic rings. The van der Waals surface area contributed by atoms with Crippen molar-refractivity contribution in [2.45, 2.75) is 39.0 Å². The molecule has 1 aromatic rings. The van der Waals surface area contributed by atoms with Crippen LogP contribution in [0.5, 0.6) is 5.75 Å². The first kappa shape index (κ1) is 15.4. The second-order valence-electron chi connectivity index (χ2n) is 5.56. The second kappa shape index (κ2) is 7.11. The number of benzene rings is 1. The molecule has 0 aromatic heterocycles. The van der Waals surface area contributed by atoms with Crippen LogP contribution in [0.1, 0.15) is 37.7 Å². The van der Waals surface area contributed by atoms with Gasteiger partial charge in [-0.3, -0.25) is 4.79 Å². The predicted octanol–water partition coefficient (Wildman–Crippen LogP) is 2.98. The number of anilines is 1. The molecule has 114 valence electrons. The van der Waals surface area contributed by atoms with Crippen molar-refractivity contribution in [3.63, 3.8) is 0 Å². The van der Waals surface area contributed by atoms with E-state index in [9.17, 15) is 9.59 Å². The molecule has 21 heavy (non-hydrogen) atoms. The van der Waals surface area contributed by atoms with E-state index in [0.29, 0.717) is 18.1 Å². The number of ether oxygens (including phenoxy) is 1. The molecule has 0 unspecified atom stereocenters. The number of carbonyl (C=O) groups excluding carboxylic acids is 1. The Morgan fingerprint density at radius 1 is 1.33 bits per heavy atom. The molecule has 0 radical (unpaired) electrons. The standard InChI is InChI=1S/C16H21NO4/c1-11-8-13(21-10-16(19)20)6-7-14(11)17-15(18)9-12-4-2-3-5-12/h6-8,12H,2-5,9-10H2,1H3,(H,17,18)(H,19,20). The van der Waals surface area contributed by atoms with Crippen LogP contribution in [0.2, 0.25) is 0 Å². The Balaban J connectivity index is 1.90. The number of amides is 1. The molecular weight excluding hydrogens is 270 g/mol. The van der Waals surface area contributed by atoms with Crippen LogP contribution in [0.3, 0.4) is 0 Å². The number of nitrogens with one attached hydrogen (secondary N) is 1. The molecule has 1 aliphatic carbocycles. The lowest BCUT2D eigenvalue weighted by atomic mass is 10.0. The molecule has 0 aliphatic heterocycles. The topological polar surface area (TPSA) is 75.6 Å². The molecule has 2 rings (SSSR count). The van der Waals surface area contributed by atoms with Gasteiger partial charge in [-0.1, -0.05) is 12.8 Å². The first-order chi connectivity index (χ1) is 10.0. The van der Waals surface area contributed by atoms with E-state index in [1.807, 2.05) is 6.92 Å². The lowest BCUT2D eigenvalue weighted by molar-refractivity contribution is -0.139. The lowest BCUT2D eigenvalue weighted by Crippen LogP contribution is -2.16. The zero-order chi connectivity index (χ0) is 15.2. The summed E-state index contributed by atoms with van der Waals surface area (Å²) in [6.07, 6.45) is 5.33. The molecule has 1 saturated carbocycles. The van der Waals surface area contributed by atoms with E-state index in [-0.39, 0.29) is 12.5 Å². The molecule has 1 aromatic carbocycles. The number of carboxylic acid groups (broad SMARTS) is 1. The second-order valence-corrected chi connectivity index (χ2v) is 5.56. The highest BCUT2D eigenvalue weighted by atomic mass is 16.5. The molecule has 1 fully saturated rings. The Morgan fingerprint density at radius 3 is 2.67 bits per heavy atom. The third-order valence-electron chi connectivity index (χ3n) is 3.78. The van der Waals surface area contributed by atoms with E-state index in [0.717, 1.165) is 24.1 Å². The van der Waals surface area contributed by atoms with Crippen molar-refractivity contribution in [2.24, 2.45) is 5.92 Å². The Bertz CT molecular complexity index is 521.